The van der Waals surface area contributed by atoms with Crippen LogP contribution in [0.1, 0.15) is 17.0 Å². The van der Waals surface area contributed by atoms with E-state index in [4.69, 9.17) is 8.83 Å². The van der Waals surface area contributed by atoms with Gasteiger partial charge < -0.3 is 14.2 Å². The van der Waals surface area contributed by atoms with Crippen molar-refractivity contribution in [1.29, 1.82) is 0 Å². The Morgan fingerprint density at radius 1 is 1.15 bits per heavy atom. The zero-order chi connectivity index (χ0) is 19.0. The van der Waals surface area contributed by atoms with E-state index in [2.05, 4.69) is 15.3 Å². The summed E-state index contributed by atoms with van der Waals surface area (Å²) in [6.07, 6.45) is 0.0844. The molecule has 0 bridgehead atoms. The minimum atomic E-state index is -0.532. The molecule has 0 saturated carbocycles. The average molecular weight is 363 g/mol. The van der Waals surface area contributed by atoms with Crippen LogP contribution >= 0.6 is 0 Å². The molecule has 0 radical (unpaired) electrons. The number of hydrogen-bond acceptors (Lipinski definition) is 5. The van der Waals surface area contributed by atoms with Crippen LogP contribution in [-0.2, 0) is 11.2 Å². The lowest BCUT2D eigenvalue weighted by atomic mass is 10.1. The Hall–Kier alpha value is -3.61. The monoisotopic (exact) mass is 363 g/mol. The maximum Gasteiger partial charge on any atom is 0.417 e. The number of rotatable bonds is 4. The smallest absolute Gasteiger partial charge is 0.417 e. The number of anilines is 1. The fraction of sp³-hybridized carbons (Fsp3) is 0.150. The Balaban J connectivity index is 1.51. The van der Waals surface area contributed by atoms with Crippen LogP contribution < -0.4 is 11.1 Å². The zero-order valence-corrected chi connectivity index (χ0v) is 14.8. The third-order valence-electron chi connectivity index (χ3n) is 4.19. The van der Waals surface area contributed by atoms with Gasteiger partial charge in [-0.3, -0.25) is 9.78 Å². The molecule has 7 nitrogen and oxygen atoms in total. The molecule has 4 aromatic rings. The van der Waals surface area contributed by atoms with Crippen LogP contribution in [0, 0.1) is 13.8 Å². The highest BCUT2D eigenvalue weighted by molar-refractivity contribution is 5.94. The number of nitrogens with zero attached hydrogens (tertiary/aromatic N) is 1. The van der Waals surface area contributed by atoms with Gasteiger partial charge in [-0.2, -0.15) is 0 Å². The Bertz CT molecular complexity index is 1200. The molecule has 0 fully saturated rings. The van der Waals surface area contributed by atoms with E-state index >= 15 is 0 Å². The molecule has 0 aliphatic rings. The molecule has 2 aromatic carbocycles. The summed E-state index contributed by atoms with van der Waals surface area (Å²) in [4.78, 5) is 30.6. The van der Waals surface area contributed by atoms with Gasteiger partial charge in [-0.05, 0) is 44.2 Å². The van der Waals surface area contributed by atoms with E-state index in [1.54, 1.807) is 25.1 Å². The molecule has 7 heteroatoms. The van der Waals surface area contributed by atoms with Crippen molar-refractivity contribution in [2.45, 2.75) is 20.3 Å². The van der Waals surface area contributed by atoms with E-state index in [0.29, 0.717) is 34.1 Å². The lowest BCUT2D eigenvalue weighted by Gasteiger charge is -2.03. The fourth-order valence-corrected chi connectivity index (χ4v) is 2.88. The molecule has 2 aromatic heterocycles. The van der Waals surface area contributed by atoms with Gasteiger partial charge in [-0.15, -0.1) is 0 Å². The van der Waals surface area contributed by atoms with E-state index in [0.717, 1.165) is 11.1 Å². The second-order valence-electron chi connectivity index (χ2n) is 6.34. The quantitative estimate of drug-likeness (QED) is 0.577. The van der Waals surface area contributed by atoms with Gasteiger partial charge in [-0.1, -0.05) is 17.7 Å². The third-order valence-corrected chi connectivity index (χ3v) is 4.19. The van der Waals surface area contributed by atoms with Crippen molar-refractivity contribution in [3.8, 4) is 11.5 Å². The molecule has 0 aliphatic carbocycles. The summed E-state index contributed by atoms with van der Waals surface area (Å²) in [6.45, 7) is 3.79. The molecule has 136 valence electrons. The summed E-state index contributed by atoms with van der Waals surface area (Å²) < 4.78 is 10.7. The topological polar surface area (TPSA) is 101 Å². The first-order valence-corrected chi connectivity index (χ1v) is 8.44. The Morgan fingerprint density at radius 3 is 2.81 bits per heavy atom. The van der Waals surface area contributed by atoms with Crippen molar-refractivity contribution >= 4 is 22.7 Å². The highest BCUT2D eigenvalue weighted by Crippen LogP contribution is 2.23. The molecular formula is C20H17N3O4. The third kappa shape index (κ3) is 3.52. The van der Waals surface area contributed by atoms with Crippen molar-refractivity contribution in [1.82, 2.24) is 9.97 Å². The predicted molar refractivity (Wildman–Crippen MR) is 101 cm³/mol. The molecule has 4 rings (SSSR count). The Morgan fingerprint density at radius 2 is 2.00 bits per heavy atom. The number of nitrogens with one attached hydrogen (secondary N) is 2. The van der Waals surface area contributed by atoms with Crippen LogP contribution in [0.3, 0.4) is 0 Å². The van der Waals surface area contributed by atoms with Crippen molar-refractivity contribution in [2.75, 3.05) is 5.32 Å². The molecule has 0 spiro atoms. The van der Waals surface area contributed by atoms with E-state index in [-0.39, 0.29) is 12.3 Å². The van der Waals surface area contributed by atoms with E-state index in [1.807, 2.05) is 31.2 Å². The summed E-state index contributed by atoms with van der Waals surface area (Å²) in [6, 6.07) is 12.8. The normalized spacial score (nSPS) is 11.0. The predicted octanol–water partition coefficient (Wildman–Crippen LogP) is 3.57. The lowest BCUT2D eigenvalue weighted by Crippen LogP contribution is -2.15. The van der Waals surface area contributed by atoms with E-state index in [9.17, 15) is 9.59 Å². The van der Waals surface area contributed by atoms with Crippen LogP contribution in [0.2, 0.25) is 0 Å². The largest absolute Gasteiger partial charge is 0.441 e. The first-order valence-electron chi connectivity index (χ1n) is 8.44. The fourth-order valence-electron chi connectivity index (χ4n) is 2.88. The average Bonchev–Trinajstić information content (AvgIpc) is 3.16. The standard InChI is InChI=1S/C20H17N3O4/c1-11-4-3-5-13(8-11)19-22-15(12(2)26-19)10-18(24)21-14-6-7-17-16(9-14)23-20(25)27-17/h3-9H,10H2,1-2H3,(H,21,24)(H,23,25). The minimum Gasteiger partial charge on any atom is -0.441 e. The van der Waals surface area contributed by atoms with Crippen LogP contribution in [0.5, 0.6) is 0 Å². The SMILES string of the molecule is Cc1cccc(-c2nc(CC(=O)Nc3ccc4oc(=O)[nH]c4c3)c(C)o2)c1. The molecule has 0 unspecified atom stereocenters. The highest BCUT2D eigenvalue weighted by atomic mass is 16.4. The molecule has 0 atom stereocenters. The molecule has 27 heavy (non-hydrogen) atoms. The van der Waals surface area contributed by atoms with Crippen molar-refractivity contribution in [3.05, 3.63) is 70.0 Å². The number of hydrogen-bond donors (Lipinski definition) is 2. The van der Waals surface area contributed by atoms with Gasteiger partial charge in [0.1, 0.15) is 5.76 Å². The number of oxazole rings is 2. The number of fused-ring (bicyclic) bond motifs is 1. The number of carbonyl (C=O) groups excluding carboxylic acids is 1. The first-order chi connectivity index (χ1) is 13.0. The van der Waals surface area contributed by atoms with Gasteiger partial charge >= 0.3 is 5.76 Å². The number of benzene rings is 2. The second kappa shape index (κ2) is 6.60. The van der Waals surface area contributed by atoms with Crippen molar-refractivity contribution in [2.24, 2.45) is 0 Å². The second-order valence-corrected chi connectivity index (χ2v) is 6.34. The molecule has 2 N–H and O–H groups in total. The zero-order valence-electron chi connectivity index (χ0n) is 14.8. The first kappa shape index (κ1) is 16.8. The molecule has 2 heterocycles. The van der Waals surface area contributed by atoms with Gasteiger partial charge in [0.05, 0.1) is 17.6 Å². The summed E-state index contributed by atoms with van der Waals surface area (Å²) in [5, 5.41) is 2.79. The summed E-state index contributed by atoms with van der Waals surface area (Å²) in [7, 11) is 0. The van der Waals surface area contributed by atoms with Crippen LogP contribution in [0.15, 0.2) is 56.1 Å². The molecule has 1 amide bonds. The van der Waals surface area contributed by atoms with Crippen LogP contribution in [-0.4, -0.2) is 15.9 Å². The number of carbonyl (C=O) groups is 1. The van der Waals surface area contributed by atoms with Crippen molar-refractivity contribution in [3.63, 3.8) is 0 Å². The van der Waals surface area contributed by atoms with Gasteiger partial charge in [0.15, 0.2) is 5.58 Å². The van der Waals surface area contributed by atoms with Gasteiger partial charge in [0.25, 0.3) is 0 Å². The van der Waals surface area contributed by atoms with E-state index in [1.165, 1.54) is 0 Å². The molecular weight excluding hydrogens is 346 g/mol. The van der Waals surface area contributed by atoms with Gasteiger partial charge in [0, 0.05) is 11.3 Å². The summed E-state index contributed by atoms with van der Waals surface area (Å²) in [5.74, 6) is 0.343. The number of amides is 1. The van der Waals surface area contributed by atoms with E-state index < -0.39 is 5.76 Å². The summed E-state index contributed by atoms with van der Waals surface area (Å²) >= 11 is 0. The number of aryl methyl sites for hydroxylation is 2. The van der Waals surface area contributed by atoms with Crippen molar-refractivity contribution < 1.29 is 13.6 Å². The Labute approximate surface area is 154 Å². The maximum absolute atomic E-state index is 12.4. The Kier molecular flexibility index (Phi) is 4.12. The molecule has 0 saturated heterocycles. The van der Waals surface area contributed by atoms with Gasteiger partial charge in [-0.25, -0.2) is 9.78 Å². The lowest BCUT2D eigenvalue weighted by molar-refractivity contribution is -0.115. The number of aromatic nitrogens is 2. The van der Waals surface area contributed by atoms with Crippen LogP contribution in [0.25, 0.3) is 22.6 Å². The number of H-pyrrole nitrogens is 1. The summed E-state index contributed by atoms with van der Waals surface area (Å²) in [5.41, 5.74) is 4.09. The number of aromatic amines is 1. The van der Waals surface area contributed by atoms with Crippen LogP contribution in [0.4, 0.5) is 5.69 Å². The highest BCUT2D eigenvalue weighted by Gasteiger charge is 2.15. The molecule has 0 aliphatic heterocycles. The minimum absolute atomic E-state index is 0.0844. The maximum atomic E-state index is 12.4. The van der Waals surface area contributed by atoms with Gasteiger partial charge in [0.2, 0.25) is 11.8 Å².